The summed E-state index contributed by atoms with van der Waals surface area (Å²) < 4.78 is 12.0. The lowest BCUT2D eigenvalue weighted by Gasteiger charge is -2.16. The Balaban J connectivity index is 4.94. The van der Waals surface area contributed by atoms with Crippen LogP contribution in [0.4, 0.5) is 0 Å². The van der Waals surface area contributed by atoms with Crippen LogP contribution in [0.2, 0.25) is 0 Å². The van der Waals surface area contributed by atoms with Gasteiger partial charge in [0.2, 0.25) is 5.29 Å². The van der Waals surface area contributed by atoms with Crippen molar-refractivity contribution in [1.82, 2.24) is 4.67 Å². The SMILES string of the molecule is CN(/C(Cl)=N/C(Cl)=C\[P+](Cl)(Cl)Cl)P(=O)(Cl)Cl. The molecule has 0 atom stereocenters. The maximum Gasteiger partial charge on any atom is 0.347 e. The monoisotopic (exact) mass is 403 g/mol. The smallest absolute Gasteiger partial charge is 0.277 e. The molecule has 0 amide bonds. The summed E-state index contributed by atoms with van der Waals surface area (Å²) >= 11 is 38.5. The molecule has 0 aliphatic heterocycles. The highest BCUT2D eigenvalue weighted by Crippen LogP contribution is 2.75. The van der Waals surface area contributed by atoms with Crippen LogP contribution >= 0.6 is 90.7 Å². The summed E-state index contributed by atoms with van der Waals surface area (Å²) in [7, 11) is 1.28. The Morgan fingerprint density at radius 1 is 1.31 bits per heavy atom. The lowest BCUT2D eigenvalue weighted by Crippen LogP contribution is -2.14. The van der Waals surface area contributed by atoms with Gasteiger partial charge in [-0.1, -0.05) is 11.6 Å². The van der Waals surface area contributed by atoms with Crippen molar-refractivity contribution >= 4 is 96.0 Å². The Morgan fingerprint density at radius 3 is 2.06 bits per heavy atom. The van der Waals surface area contributed by atoms with Gasteiger partial charge in [0.15, 0.2) is 5.16 Å². The van der Waals surface area contributed by atoms with Gasteiger partial charge < -0.3 is 0 Å². The standard InChI is InChI=1S/C4H4Cl7N2OP2/c1-13(16(10,11)14)4(6)12-3(5)2-15(7,8)9/h2H,1H3/q+1/b3-2-,12-4+. The average molecular weight is 406 g/mol. The predicted octanol–water partition coefficient (Wildman–Crippen LogP) is 6.62. The summed E-state index contributed by atoms with van der Waals surface area (Å²) in [5.41, 5.74) is 0. The van der Waals surface area contributed by atoms with Crippen molar-refractivity contribution in [3.8, 4) is 0 Å². The van der Waals surface area contributed by atoms with Crippen LogP contribution in [-0.2, 0) is 4.57 Å². The normalized spacial score (nSPS) is 15.2. The summed E-state index contributed by atoms with van der Waals surface area (Å²) in [6, 6.07) is 0. The van der Waals surface area contributed by atoms with Crippen molar-refractivity contribution in [3.63, 3.8) is 0 Å². The molecule has 94 valence electrons. The minimum absolute atomic E-state index is 0.160. The Labute approximate surface area is 127 Å². The lowest BCUT2D eigenvalue weighted by atomic mass is 11.0. The second kappa shape index (κ2) is 6.89. The first-order valence-electron chi connectivity index (χ1n) is 3.27. The van der Waals surface area contributed by atoms with Crippen molar-refractivity contribution in [2.75, 3.05) is 7.05 Å². The minimum Gasteiger partial charge on any atom is -0.277 e. The van der Waals surface area contributed by atoms with Crippen LogP contribution in [0.5, 0.6) is 0 Å². The van der Waals surface area contributed by atoms with E-state index in [9.17, 15) is 4.57 Å². The zero-order valence-corrected chi connectivity index (χ0v) is 14.5. The molecule has 0 heterocycles. The molecule has 0 aliphatic carbocycles. The zero-order chi connectivity index (χ0) is 13.1. The maximum absolute atomic E-state index is 11.2. The van der Waals surface area contributed by atoms with Gasteiger partial charge in [0.1, 0.15) is 39.5 Å². The summed E-state index contributed by atoms with van der Waals surface area (Å²) in [4.78, 5) is 3.60. The third kappa shape index (κ3) is 8.08. The molecule has 0 fully saturated rings. The van der Waals surface area contributed by atoms with Crippen LogP contribution in [-0.4, -0.2) is 17.0 Å². The summed E-state index contributed by atoms with van der Waals surface area (Å²) in [6.45, 7) is 0. The first-order valence-corrected chi connectivity index (χ1v) is 12.1. The zero-order valence-electron chi connectivity index (χ0n) is 7.42. The molecule has 0 radical (unpaired) electrons. The van der Waals surface area contributed by atoms with Gasteiger partial charge in [0.05, 0.1) is 0 Å². The van der Waals surface area contributed by atoms with E-state index in [1.54, 1.807) is 0 Å². The maximum atomic E-state index is 11.2. The number of nitrogens with zero attached hydrogens (tertiary/aromatic N) is 2. The van der Waals surface area contributed by atoms with Crippen molar-refractivity contribution in [3.05, 3.63) is 11.0 Å². The summed E-state index contributed by atoms with van der Waals surface area (Å²) in [5.74, 6) is -2.47. The van der Waals surface area contributed by atoms with Crippen LogP contribution in [0.25, 0.3) is 0 Å². The highest BCUT2D eigenvalue weighted by atomic mass is 36.1. The van der Waals surface area contributed by atoms with Crippen LogP contribution in [0.1, 0.15) is 0 Å². The highest BCUT2D eigenvalue weighted by Gasteiger charge is 2.31. The van der Waals surface area contributed by atoms with Crippen LogP contribution < -0.4 is 0 Å². The molecule has 0 bridgehead atoms. The van der Waals surface area contributed by atoms with Gasteiger partial charge in [-0.2, -0.15) is 0 Å². The summed E-state index contributed by atoms with van der Waals surface area (Å²) in [5, 5.41) is -3.24. The fourth-order valence-corrected chi connectivity index (χ4v) is 3.86. The molecule has 0 rings (SSSR count). The molecular weight excluding hydrogens is 402 g/mol. The van der Waals surface area contributed by atoms with Gasteiger partial charge in [0.25, 0.3) is 0 Å². The average Bonchev–Trinajstić information content (AvgIpc) is 1.96. The summed E-state index contributed by atoms with van der Waals surface area (Å²) in [6.07, 6.45) is 0. The van der Waals surface area contributed by atoms with E-state index >= 15 is 0 Å². The van der Waals surface area contributed by atoms with Gasteiger partial charge >= 0.3 is 11.3 Å². The Kier molecular flexibility index (Phi) is 7.71. The number of amidine groups is 1. The van der Waals surface area contributed by atoms with Crippen LogP contribution in [0.3, 0.4) is 0 Å². The van der Waals surface area contributed by atoms with Gasteiger partial charge in [-0.3, -0.25) is 9.24 Å². The van der Waals surface area contributed by atoms with E-state index in [1.165, 1.54) is 7.05 Å². The number of hydrogen-bond acceptors (Lipinski definition) is 2. The van der Waals surface area contributed by atoms with Crippen molar-refractivity contribution in [2.45, 2.75) is 0 Å². The third-order valence-corrected chi connectivity index (χ3v) is 5.53. The first-order chi connectivity index (χ1) is 6.93. The van der Waals surface area contributed by atoms with Gasteiger partial charge in [-0.25, -0.2) is 4.99 Å². The fourth-order valence-electron chi connectivity index (χ4n) is 0.406. The number of aliphatic imine (C=N–C) groups is 1. The quantitative estimate of drug-likeness (QED) is 0.229. The topological polar surface area (TPSA) is 32.7 Å². The van der Waals surface area contributed by atoms with E-state index in [0.717, 1.165) is 10.5 Å². The van der Waals surface area contributed by atoms with Gasteiger partial charge in [0, 0.05) is 7.05 Å². The molecule has 0 saturated carbocycles. The second-order valence-corrected chi connectivity index (χ2v) is 15.3. The number of halogens is 7. The van der Waals surface area contributed by atoms with Crippen LogP contribution in [0.15, 0.2) is 16.0 Å². The molecule has 0 aromatic carbocycles. The molecule has 0 aromatic heterocycles. The second-order valence-electron chi connectivity index (χ2n) is 2.28. The van der Waals surface area contributed by atoms with Gasteiger partial charge in [-0.05, 0) is 34.1 Å². The van der Waals surface area contributed by atoms with E-state index in [2.05, 4.69) is 4.99 Å². The van der Waals surface area contributed by atoms with E-state index < -0.39 is 11.3 Å². The Hall–Kier alpha value is 1.90. The highest BCUT2D eigenvalue weighted by molar-refractivity contribution is 8.34. The van der Waals surface area contributed by atoms with E-state index in [-0.39, 0.29) is 10.5 Å². The molecule has 0 N–H and O–H groups in total. The molecule has 0 unspecified atom stereocenters. The Morgan fingerprint density at radius 2 is 1.75 bits per heavy atom. The van der Waals surface area contributed by atoms with Crippen molar-refractivity contribution in [2.24, 2.45) is 4.99 Å². The first kappa shape index (κ1) is 17.9. The predicted molar refractivity (Wildman–Crippen MR) is 78.8 cm³/mol. The van der Waals surface area contributed by atoms with E-state index in [1.807, 2.05) is 0 Å². The molecule has 0 spiro atoms. The molecule has 3 nitrogen and oxygen atoms in total. The molecule has 16 heavy (non-hydrogen) atoms. The Bertz CT molecular complexity index is 358. The number of rotatable bonds is 3. The fraction of sp³-hybridized carbons (Fsp3) is 0.250. The minimum atomic E-state index is -3.58. The van der Waals surface area contributed by atoms with Crippen molar-refractivity contribution in [1.29, 1.82) is 0 Å². The van der Waals surface area contributed by atoms with Gasteiger partial charge in [-0.15, -0.1) is 0 Å². The van der Waals surface area contributed by atoms with E-state index in [4.69, 9.17) is 79.4 Å². The molecule has 0 aliphatic rings. The van der Waals surface area contributed by atoms with E-state index in [0.29, 0.717) is 0 Å². The third-order valence-electron chi connectivity index (χ3n) is 1.07. The lowest BCUT2D eigenvalue weighted by molar-refractivity contribution is 0.567. The molecule has 0 aromatic rings. The molecular formula is C4H4Cl7N2OP2+. The molecule has 12 heteroatoms. The molecule has 0 saturated heterocycles. The largest absolute Gasteiger partial charge is 0.347 e. The number of hydrogen-bond donors (Lipinski definition) is 0. The van der Waals surface area contributed by atoms with Crippen molar-refractivity contribution < 1.29 is 4.57 Å². The van der Waals surface area contributed by atoms with Crippen LogP contribution in [0, 0.1) is 0 Å².